The number of hydrogen-bond acceptors (Lipinski definition) is 2. The molecule has 0 fully saturated rings. The van der Waals surface area contributed by atoms with Gasteiger partial charge in [0.25, 0.3) is 0 Å². The van der Waals surface area contributed by atoms with Crippen molar-refractivity contribution in [1.29, 1.82) is 0 Å². The van der Waals surface area contributed by atoms with Crippen LogP contribution in [0.25, 0.3) is 0 Å². The predicted molar refractivity (Wildman–Crippen MR) is 55.6 cm³/mol. The Balaban J connectivity index is 2.49. The molecule has 0 N–H and O–H groups in total. The largest absolute Gasteiger partial charge is 0.302 e. The van der Waals surface area contributed by atoms with Crippen molar-refractivity contribution in [3.05, 3.63) is 29.6 Å². The first kappa shape index (κ1) is 10.2. The third-order valence-electron chi connectivity index (χ3n) is 2.03. The van der Waals surface area contributed by atoms with E-state index in [1.807, 2.05) is 13.1 Å². The van der Waals surface area contributed by atoms with Crippen molar-refractivity contribution in [3.63, 3.8) is 0 Å². The van der Waals surface area contributed by atoms with E-state index in [1.165, 1.54) is 12.0 Å². The van der Waals surface area contributed by atoms with Crippen LogP contribution in [-0.4, -0.2) is 23.5 Å². The van der Waals surface area contributed by atoms with E-state index in [-0.39, 0.29) is 0 Å². The summed E-state index contributed by atoms with van der Waals surface area (Å²) < 4.78 is 0. The third kappa shape index (κ3) is 3.55. The van der Waals surface area contributed by atoms with Gasteiger partial charge < -0.3 is 4.90 Å². The van der Waals surface area contributed by atoms with Gasteiger partial charge in [0.15, 0.2) is 0 Å². The van der Waals surface area contributed by atoms with E-state index in [9.17, 15) is 0 Å². The Morgan fingerprint density at radius 3 is 2.69 bits per heavy atom. The van der Waals surface area contributed by atoms with E-state index in [2.05, 4.69) is 36.0 Å². The van der Waals surface area contributed by atoms with Crippen molar-refractivity contribution in [3.8, 4) is 0 Å². The maximum atomic E-state index is 4.27. The summed E-state index contributed by atoms with van der Waals surface area (Å²) in [7, 11) is 2.14. The van der Waals surface area contributed by atoms with Gasteiger partial charge in [-0.1, -0.05) is 13.0 Å². The summed E-state index contributed by atoms with van der Waals surface area (Å²) in [5, 5.41) is 0. The number of hydrogen-bond donors (Lipinski definition) is 0. The summed E-state index contributed by atoms with van der Waals surface area (Å²) in [4.78, 5) is 6.58. The fourth-order valence-corrected chi connectivity index (χ4v) is 1.36. The smallest absolute Gasteiger partial charge is 0.0372 e. The summed E-state index contributed by atoms with van der Waals surface area (Å²) in [6, 6.07) is 4.21. The van der Waals surface area contributed by atoms with Crippen LogP contribution in [0, 0.1) is 6.92 Å². The van der Waals surface area contributed by atoms with Gasteiger partial charge in [-0.05, 0) is 38.6 Å². The molecular formula is C11H18N2. The van der Waals surface area contributed by atoms with E-state index < -0.39 is 0 Å². The Bertz CT molecular complexity index is 241. The number of rotatable bonds is 4. The highest BCUT2D eigenvalue weighted by Crippen LogP contribution is 2.02. The Kier molecular flexibility index (Phi) is 3.90. The average molecular weight is 178 g/mol. The first-order valence-electron chi connectivity index (χ1n) is 4.82. The fourth-order valence-electron chi connectivity index (χ4n) is 1.36. The lowest BCUT2D eigenvalue weighted by molar-refractivity contribution is 0.327. The molecule has 0 bridgehead atoms. The highest BCUT2D eigenvalue weighted by molar-refractivity contribution is 5.12. The molecule has 13 heavy (non-hydrogen) atoms. The predicted octanol–water partition coefficient (Wildman–Crippen LogP) is 2.23. The maximum absolute atomic E-state index is 4.27. The summed E-state index contributed by atoms with van der Waals surface area (Å²) in [5.41, 5.74) is 2.38. The summed E-state index contributed by atoms with van der Waals surface area (Å²) in [5.74, 6) is 0. The molecule has 0 aliphatic carbocycles. The van der Waals surface area contributed by atoms with E-state index >= 15 is 0 Å². The maximum Gasteiger partial charge on any atom is 0.0372 e. The lowest BCUT2D eigenvalue weighted by atomic mass is 10.2. The van der Waals surface area contributed by atoms with Crippen LogP contribution < -0.4 is 0 Å². The highest BCUT2D eigenvalue weighted by atomic mass is 15.1. The molecule has 0 spiro atoms. The Morgan fingerprint density at radius 2 is 2.15 bits per heavy atom. The second kappa shape index (κ2) is 4.97. The zero-order valence-corrected chi connectivity index (χ0v) is 8.75. The number of nitrogens with zero attached hydrogens (tertiary/aromatic N) is 2. The van der Waals surface area contributed by atoms with Crippen LogP contribution in [0.4, 0.5) is 0 Å². The van der Waals surface area contributed by atoms with Crippen LogP contribution in [0.3, 0.4) is 0 Å². The molecule has 2 nitrogen and oxygen atoms in total. The molecule has 0 unspecified atom stereocenters. The zero-order chi connectivity index (χ0) is 9.68. The molecule has 0 aliphatic heterocycles. The van der Waals surface area contributed by atoms with Crippen LogP contribution in [0.15, 0.2) is 18.3 Å². The highest BCUT2D eigenvalue weighted by Gasteiger charge is 1.98. The van der Waals surface area contributed by atoms with E-state index in [1.54, 1.807) is 0 Å². The van der Waals surface area contributed by atoms with Crippen LogP contribution in [-0.2, 0) is 6.54 Å². The summed E-state index contributed by atoms with van der Waals surface area (Å²) in [6.07, 6.45) is 3.16. The fraction of sp³-hybridized carbons (Fsp3) is 0.545. The second-order valence-electron chi connectivity index (χ2n) is 3.55. The number of pyridine rings is 1. The van der Waals surface area contributed by atoms with Gasteiger partial charge in [-0.2, -0.15) is 0 Å². The van der Waals surface area contributed by atoms with Crippen molar-refractivity contribution < 1.29 is 0 Å². The van der Waals surface area contributed by atoms with Gasteiger partial charge in [-0.15, -0.1) is 0 Å². The third-order valence-corrected chi connectivity index (χ3v) is 2.03. The first-order valence-corrected chi connectivity index (χ1v) is 4.82. The quantitative estimate of drug-likeness (QED) is 0.703. The molecule has 2 heteroatoms. The molecule has 1 rings (SSSR count). The van der Waals surface area contributed by atoms with Crippen molar-refractivity contribution in [2.24, 2.45) is 0 Å². The van der Waals surface area contributed by atoms with E-state index in [4.69, 9.17) is 0 Å². The normalized spacial score (nSPS) is 10.8. The second-order valence-corrected chi connectivity index (χ2v) is 3.55. The van der Waals surface area contributed by atoms with Gasteiger partial charge in [-0.3, -0.25) is 4.98 Å². The SMILES string of the molecule is CCCN(C)Cc1ccc(C)nc1. The standard InChI is InChI=1S/C11H18N2/c1-4-7-13(3)9-11-6-5-10(2)12-8-11/h5-6,8H,4,7,9H2,1-3H3. The van der Waals surface area contributed by atoms with Crippen LogP contribution in [0.5, 0.6) is 0 Å². The Hall–Kier alpha value is -0.890. The molecule has 0 atom stereocenters. The van der Waals surface area contributed by atoms with Gasteiger partial charge in [0.2, 0.25) is 0 Å². The van der Waals surface area contributed by atoms with E-state index in [0.29, 0.717) is 0 Å². The number of aromatic nitrogens is 1. The van der Waals surface area contributed by atoms with Crippen LogP contribution >= 0.6 is 0 Å². The lowest BCUT2D eigenvalue weighted by Crippen LogP contribution is -2.18. The monoisotopic (exact) mass is 178 g/mol. The zero-order valence-electron chi connectivity index (χ0n) is 8.75. The van der Waals surface area contributed by atoms with Crippen LogP contribution in [0.1, 0.15) is 24.6 Å². The molecule has 1 aromatic heterocycles. The molecule has 0 amide bonds. The summed E-state index contributed by atoms with van der Waals surface area (Å²) in [6.45, 7) is 6.36. The van der Waals surface area contributed by atoms with Crippen molar-refractivity contribution in [2.75, 3.05) is 13.6 Å². The topological polar surface area (TPSA) is 16.1 Å². The van der Waals surface area contributed by atoms with Gasteiger partial charge in [0.1, 0.15) is 0 Å². The molecule has 1 heterocycles. The minimum atomic E-state index is 1.00. The van der Waals surface area contributed by atoms with Gasteiger partial charge in [0, 0.05) is 18.4 Å². The minimum absolute atomic E-state index is 1.00. The lowest BCUT2D eigenvalue weighted by Gasteiger charge is -2.14. The van der Waals surface area contributed by atoms with Crippen molar-refractivity contribution >= 4 is 0 Å². The van der Waals surface area contributed by atoms with Gasteiger partial charge in [0.05, 0.1) is 0 Å². The molecular weight excluding hydrogens is 160 g/mol. The number of aryl methyl sites for hydroxylation is 1. The molecule has 1 aromatic rings. The molecule has 0 saturated carbocycles. The first-order chi connectivity index (χ1) is 6.22. The molecule has 0 saturated heterocycles. The van der Waals surface area contributed by atoms with Crippen molar-refractivity contribution in [2.45, 2.75) is 26.8 Å². The van der Waals surface area contributed by atoms with Gasteiger partial charge >= 0.3 is 0 Å². The summed E-state index contributed by atoms with van der Waals surface area (Å²) >= 11 is 0. The Labute approximate surface area is 80.6 Å². The molecule has 0 aliphatic rings. The van der Waals surface area contributed by atoms with E-state index in [0.717, 1.165) is 18.8 Å². The minimum Gasteiger partial charge on any atom is -0.302 e. The molecule has 0 aromatic carbocycles. The molecule has 0 radical (unpaired) electrons. The van der Waals surface area contributed by atoms with Crippen LogP contribution in [0.2, 0.25) is 0 Å². The Morgan fingerprint density at radius 1 is 1.38 bits per heavy atom. The van der Waals surface area contributed by atoms with Gasteiger partial charge in [-0.25, -0.2) is 0 Å². The average Bonchev–Trinajstić information content (AvgIpc) is 2.09. The molecule has 72 valence electrons. The van der Waals surface area contributed by atoms with Crippen molar-refractivity contribution in [1.82, 2.24) is 9.88 Å².